The summed E-state index contributed by atoms with van der Waals surface area (Å²) in [5.41, 5.74) is 3.50. The Morgan fingerprint density at radius 1 is 1.43 bits per heavy atom. The maximum Gasteiger partial charge on any atom is 0.207 e. The molecule has 0 spiro atoms. The molecule has 28 heavy (non-hydrogen) atoms. The molecule has 2 aliphatic rings. The first-order chi connectivity index (χ1) is 13.3. The standard InChI is InChI=1S/C23H31N3O2/c1-15(2)22(24-14-27)23-25-17(4)21(19(6)28-7)18(5)26(23)13-20-11-9-8-10-16(3)12-20/h8-12,14-16,22H,5-6,13H2,1-4,7H3,(H,24,27). The van der Waals surface area contributed by atoms with Gasteiger partial charge in [-0.15, -0.1) is 0 Å². The van der Waals surface area contributed by atoms with Crippen LogP contribution in [-0.4, -0.2) is 36.8 Å². The molecule has 0 saturated heterocycles. The number of amidine groups is 1. The van der Waals surface area contributed by atoms with E-state index in [0.717, 1.165) is 34.8 Å². The molecule has 1 aliphatic carbocycles. The Hall–Kier alpha value is -2.82. The molecule has 0 aromatic carbocycles. The van der Waals surface area contributed by atoms with E-state index in [-0.39, 0.29) is 12.0 Å². The van der Waals surface area contributed by atoms with Crippen molar-refractivity contribution in [2.45, 2.75) is 33.7 Å². The molecule has 5 nitrogen and oxygen atoms in total. The van der Waals surface area contributed by atoms with Gasteiger partial charge in [-0.05, 0) is 24.3 Å². The highest BCUT2D eigenvalue weighted by atomic mass is 16.5. The van der Waals surface area contributed by atoms with Crippen molar-refractivity contribution < 1.29 is 9.53 Å². The Balaban J connectivity index is 2.52. The first-order valence-electron chi connectivity index (χ1n) is 9.54. The minimum atomic E-state index is -0.229. The number of aliphatic imine (C=N–C) groups is 1. The van der Waals surface area contributed by atoms with Gasteiger partial charge in [-0.2, -0.15) is 0 Å². The zero-order chi connectivity index (χ0) is 20.8. The molecular formula is C23H31N3O2. The van der Waals surface area contributed by atoms with Crippen molar-refractivity contribution in [1.82, 2.24) is 10.2 Å². The van der Waals surface area contributed by atoms with E-state index in [0.29, 0.717) is 18.2 Å². The molecule has 1 N–H and O–H groups in total. The van der Waals surface area contributed by atoms with Crippen LogP contribution in [0.5, 0.6) is 0 Å². The monoisotopic (exact) mass is 381 g/mol. The molecule has 1 amide bonds. The number of hydrogen-bond donors (Lipinski definition) is 1. The summed E-state index contributed by atoms with van der Waals surface area (Å²) in [7, 11) is 1.59. The summed E-state index contributed by atoms with van der Waals surface area (Å²) in [6.45, 7) is 17.1. The predicted molar refractivity (Wildman–Crippen MR) is 115 cm³/mol. The third-order valence-corrected chi connectivity index (χ3v) is 4.91. The fraction of sp³-hybridized carbons (Fsp3) is 0.391. The average Bonchev–Trinajstić information content (AvgIpc) is 2.85. The van der Waals surface area contributed by atoms with Gasteiger partial charge in [0, 0.05) is 12.2 Å². The summed E-state index contributed by atoms with van der Waals surface area (Å²) in [4.78, 5) is 18.1. The number of nitrogens with zero attached hydrogens (tertiary/aromatic N) is 2. The molecule has 5 heteroatoms. The van der Waals surface area contributed by atoms with Gasteiger partial charge in [-0.25, -0.2) is 4.99 Å². The van der Waals surface area contributed by atoms with E-state index in [1.54, 1.807) is 7.11 Å². The number of allylic oxidation sites excluding steroid dienone is 5. The highest BCUT2D eigenvalue weighted by Crippen LogP contribution is 2.32. The SMILES string of the molecule is C=C(OC)C1=C(C)N=C(C(NC=O)C(C)C)N(CC2=CC(C)C=CC=C2)C1=C. The molecular weight excluding hydrogens is 350 g/mol. The van der Waals surface area contributed by atoms with E-state index in [2.05, 4.69) is 68.4 Å². The summed E-state index contributed by atoms with van der Waals surface area (Å²) < 4.78 is 5.38. The first-order valence-corrected chi connectivity index (χ1v) is 9.54. The minimum Gasteiger partial charge on any atom is -0.497 e. The van der Waals surface area contributed by atoms with Crippen LogP contribution in [-0.2, 0) is 9.53 Å². The van der Waals surface area contributed by atoms with Crippen LogP contribution in [0, 0.1) is 11.8 Å². The van der Waals surface area contributed by atoms with Crippen LogP contribution in [0.2, 0.25) is 0 Å². The van der Waals surface area contributed by atoms with Crippen LogP contribution in [0.4, 0.5) is 0 Å². The maximum atomic E-state index is 11.2. The predicted octanol–water partition coefficient (Wildman–Crippen LogP) is 4.11. The van der Waals surface area contributed by atoms with Crippen LogP contribution < -0.4 is 5.32 Å². The Kier molecular flexibility index (Phi) is 7.21. The first kappa shape index (κ1) is 21.5. The second-order valence-electron chi connectivity index (χ2n) is 7.44. The summed E-state index contributed by atoms with van der Waals surface area (Å²) in [5, 5.41) is 2.92. The fourth-order valence-electron chi connectivity index (χ4n) is 3.44. The minimum absolute atomic E-state index is 0.165. The van der Waals surface area contributed by atoms with E-state index in [9.17, 15) is 4.79 Å². The number of hydrogen-bond acceptors (Lipinski definition) is 4. The third-order valence-electron chi connectivity index (χ3n) is 4.91. The Bertz CT molecular complexity index is 797. The topological polar surface area (TPSA) is 53.9 Å². The van der Waals surface area contributed by atoms with Gasteiger partial charge in [-0.1, -0.05) is 64.3 Å². The van der Waals surface area contributed by atoms with Gasteiger partial charge in [0.25, 0.3) is 0 Å². The number of amides is 1. The summed E-state index contributed by atoms with van der Waals surface area (Å²) in [6.07, 6.45) is 11.3. The normalized spacial score (nSPS) is 20.6. The van der Waals surface area contributed by atoms with Gasteiger partial charge in [0.15, 0.2) is 0 Å². The van der Waals surface area contributed by atoms with Crippen LogP contribution in [0.1, 0.15) is 27.7 Å². The highest BCUT2D eigenvalue weighted by molar-refractivity contribution is 5.93. The van der Waals surface area contributed by atoms with Crippen molar-refractivity contribution >= 4 is 12.2 Å². The lowest BCUT2D eigenvalue weighted by Gasteiger charge is -2.38. The van der Waals surface area contributed by atoms with Crippen LogP contribution in [0.15, 0.2) is 76.8 Å². The maximum absolute atomic E-state index is 11.2. The van der Waals surface area contributed by atoms with E-state index in [1.807, 2.05) is 13.0 Å². The summed E-state index contributed by atoms with van der Waals surface area (Å²) >= 11 is 0. The second-order valence-corrected chi connectivity index (χ2v) is 7.44. The molecule has 2 unspecified atom stereocenters. The van der Waals surface area contributed by atoms with Gasteiger partial charge in [0.1, 0.15) is 11.6 Å². The van der Waals surface area contributed by atoms with Gasteiger partial charge in [0.05, 0.1) is 24.4 Å². The average molecular weight is 382 g/mol. The number of rotatable bonds is 8. The molecule has 150 valence electrons. The number of ether oxygens (including phenoxy) is 1. The van der Waals surface area contributed by atoms with E-state index in [4.69, 9.17) is 9.73 Å². The van der Waals surface area contributed by atoms with Crippen molar-refractivity contribution in [2.24, 2.45) is 16.8 Å². The Labute approximate surface area is 168 Å². The van der Waals surface area contributed by atoms with E-state index < -0.39 is 0 Å². The number of nitrogens with one attached hydrogen (secondary N) is 1. The lowest BCUT2D eigenvalue weighted by atomic mass is 9.97. The Morgan fingerprint density at radius 2 is 2.14 bits per heavy atom. The van der Waals surface area contributed by atoms with E-state index >= 15 is 0 Å². The van der Waals surface area contributed by atoms with Gasteiger partial charge in [-0.3, -0.25) is 4.79 Å². The molecule has 1 heterocycles. The third kappa shape index (κ3) is 4.71. The Morgan fingerprint density at radius 3 is 2.75 bits per heavy atom. The molecule has 2 atom stereocenters. The summed E-state index contributed by atoms with van der Waals surface area (Å²) in [6, 6.07) is -0.229. The molecule has 0 bridgehead atoms. The van der Waals surface area contributed by atoms with Gasteiger partial charge >= 0.3 is 0 Å². The van der Waals surface area contributed by atoms with Crippen LogP contribution in [0.25, 0.3) is 0 Å². The van der Waals surface area contributed by atoms with E-state index in [1.165, 1.54) is 0 Å². The molecule has 0 aromatic heterocycles. The highest BCUT2D eigenvalue weighted by Gasteiger charge is 2.32. The zero-order valence-electron chi connectivity index (χ0n) is 17.5. The molecule has 0 radical (unpaired) electrons. The number of methoxy groups -OCH3 is 1. The fourth-order valence-corrected chi connectivity index (χ4v) is 3.44. The number of carbonyl (C=O) groups is 1. The molecule has 0 fully saturated rings. The lowest BCUT2D eigenvalue weighted by Crippen LogP contribution is -2.50. The van der Waals surface area contributed by atoms with Crippen molar-refractivity contribution in [3.05, 3.63) is 71.8 Å². The molecule has 0 aromatic rings. The van der Waals surface area contributed by atoms with Crippen molar-refractivity contribution in [3.8, 4) is 0 Å². The zero-order valence-corrected chi connectivity index (χ0v) is 17.5. The number of carbonyl (C=O) groups excluding carboxylic acids is 1. The van der Waals surface area contributed by atoms with Crippen LogP contribution >= 0.6 is 0 Å². The molecule has 1 aliphatic heterocycles. The van der Waals surface area contributed by atoms with Gasteiger partial charge < -0.3 is 15.0 Å². The largest absolute Gasteiger partial charge is 0.497 e. The quantitative estimate of drug-likeness (QED) is 0.509. The lowest BCUT2D eigenvalue weighted by molar-refractivity contribution is -0.110. The van der Waals surface area contributed by atoms with Crippen LogP contribution in [0.3, 0.4) is 0 Å². The van der Waals surface area contributed by atoms with Gasteiger partial charge in [0.2, 0.25) is 6.41 Å². The van der Waals surface area contributed by atoms with Crippen molar-refractivity contribution in [2.75, 3.05) is 13.7 Å². The second kappa shape index (κ2) is 9.40. The molecule has 2 rings (SSSR count). The molecule has 0 saturated carbocycles. The van der Waals surface area contributed by atoms with Crippen molar-refractivity contribution in [3.63, 3.8) is 0 Å². The van der Waals surface area contributed by atoms with Crippen molar-refractivity contribution in [1.29, 1.82) is 0 Å². The smallest absolute Gasteiger partial charge is 0.207 e. The summed E-state index contributed by atoms with van der Waals surface area (Å²) in [5.74, 6) is 1.80.